The highest BCUT2D eigenvalue weighted by Gasteiger charge is 2.41. The van der Waals surface area contributed by atoms with E-state index in [0.717, 1.165) is 12.8 Å². The lowest BCUT2D eigenvalue weighted by atomic mass is 10.1. The van der Waals surface area contributed by atoms with Gasteiger partial charge in [0.05, 0.1) is 11.6 Å². The highest BCUT2D eigenvalue weighted by Crippen LogP contribution is 2.33. The van der Waals surface area contributed by atoms with E-state index in [1.54, 1.807) is 17.5 Å². The van der Waals surface area contributed by atoms with Crippen LogP contribution in [0.1, 0.15) is 19.3 Å². The molecule has 0 spiro atoms. The quantitative estimate of drug-likeness (QED) is 0.927. The Kier molecular flexibility index (Phi) is 3.80. The SMILES string of the molecule is O=C(Nc1nc(-c2cccc(F)c2)cs1)[C@H]1CC(=O)N(C2CC2)C1. The number of amides is 2. The van der Waals surface area contributed by atoms with Crippen LogP contribution in [-0.2, 0) is 9.59 Å². The number of nitrogens with zero attached hydrogens (tertiary/aromatic N) is 2. The van der Waals surface area contributed by atoms with Gasteiger partial charge < -0.3 is 10.2 Å². The maximum Gasteiger partial charge on any atom is 0.231 e. The number of carbonyl (C=O) groups excluding carboxylic acids is 2. The van der Waals surface area contributed by atoms with Crippen molar-refractivity contribution in [3.8, 4) is 11.3 Å². The summed E-state index contributed by atoms with van der Waals surface area (Å²) in [5.74, 6) is -0.751. The maximum atomic E-state index is 13.3. The fourth-order valence-corrected chi connectivity index (χ4v) is 3.69. The van der Waals surface area contributed by atoms with Gasteiger partial charge in [0.1, 0.15) is 5.82 Å². The van der Waals surface area contributed by atoms with E-state index in [4.69, 9.17) is 0 Å². The highest BCUT2D eigenvalue weighted by atomic mass is 32.1. The summed E-state index contributed by atoms with van der Waals surface area (Å²) >= 11 is 1.29. The molecular formula is C17H16FN3O2S. The van der Waals surface area contributed by atoms with Gasteiger partial charge in [0.2, 0.25) is 11.8 Å². The Hall–Kier alpha value is -2.28. The molecule has 7 heteroatoms. The van der Waals surface area contributed by atoms with Gasteiger partial charge in [-0.1, -0.05) is 12.1 Å². The fourth-order valence-electron chi connectivity index (χ4n) is 2.97. The number of likely N-dealkylation sites (tertiary alicyclic amines) is 1. The number of halogens is 1. The third kappa shape index (κ3) is 3.03. The molecule has 1 atom stereocenters. The van der Waals surface area contributed by atoms with Crippen molar-refractivity contribution < 1.29 is 14.0 Å². The zero-order valence-electron chi connectivity index (χ0n) is 12.9. The van der Waals surface area contributed by atoms with E-state index in [1.165, 1.54) is 23.5 Å². The van der Waals surface area contributed by atoms with Crippen molar-refractivity contribution in [1.29, 1.82) is 0 Å². The van der Waals surface area contributed by atoms with Crippen molar-refractivity contribution in [3.05, 3.63) is 35.5 Å². The predicted octanol–water partition coefficient (Wildman–Crippen LogP) is 2.90. The lowest BCUT2D eigenvalue weighted by Crippen LogP contribution is -2.29. The minimum absolute atomic E-state index is 0.0669. The molecule has 2 aromatic rings. The molecule has 124 valence electrons. The first-order chi connectivity index (χ1) is 11.6. The van der Waals surface area contributed by atoms with Crippen LogP contribution in [0, 0.1) is 11.7 Å². The minimum atomic E-state index is -0.323. The minimum Gasteiger partial charge on any atom is -0.339 e. The number of carbonyl (C=O) groups is 2. The molecule has 24 heavy (non-hydrogen) atoms. The Labute approximate surface area is 142 Å². The lowest BCUT2D eigenvalue weighted by molar-refractivity contribution is -0.128. The number of hydrogen-bond donors (Lipinski definition) is 1. The monoisotopic (exact) mass is 345 g/mol. The molecule has 1 aromatic carbocycles. The normalized spacial score (nSPS) is 20.5. The molecule has 1 aliphatic heterocycles. The van der Waals surface area contributed by atoms with Crippen molar-refractivity contribution in [2.75, 3.05) is 11.9 Å². The van der Waals surface area contributed by atoms with Crippen LogP contribution < -0.4 is 5.32 Å². The third-order valence-corrected chi connectivity index (χ3v) is 5.13. The molecule has 2 heterocycles. The molecule has 1 saturated carbocycles. The number of benzene rings is 1. The molecule has 0 bridgehead atoms. The molecule has 4 rings (SSSR count). The summed E-state index contributed by atoms with van der Waals surface area (Å²) in [6, 6.07) is 6.52. The second-order valence-corrected chi connectivity index (χ2v) is 7.07. The standard InChI is InChI=1S/C17H16FN3O2S/c18-12-3-1-2-10(6-12)14-9-24-17(19-14)20-16(23)11-7-15(22)21(8-11)13-4-5-13/h1-3,6,9,11,13H,4-5,7-8H2,(H,19,20,23)/t11-/m0/s1. The summed E-state index contributed by atoms with van der Waals surface area (Å²) in [6.07, 6.45) is 2.36. The van der Waals surface area contributed by atoms with Gasteiger partial charge in [-0.25, -0.2) is 9.37 Å². The first kappa shape index (κ1) is 15.3. The molecule has 1 aromatic heterocycles. The van der Waals surface area contributed by atoms with Crippen molar-refractivity contribution in [2.24, 2.45) is 5.92 Å². The number of aromatic nitrogens is 1. The van der Waals surface area contributed by atoms with Gasteiger partial charge in [-0.3, -0.25) is 9.59 Å². The molecule has 2 amide bonds. The Morgan fingerprint density at radius 2 is 2.21 bits per heavy atom. The van der Waals surface area contributed by atoms with Gasteiger partial charge in [0, 0.05) is 30.0 Å². The van der Waals surface area contributed by atoms with Crippen molar-refractivity contribution in [2.45, 2.75) is 25.3 Å². The molecule has 2 fully saturated rings. The number of thiazole rings is 1. The fraction of sp³-hybridized carbons (Fsp3) is 0.353. The summed E-state index contributed by atoms with van der Waals surface area (Å²) in [4.78, 5) is 30.5. The second kappa shape index (κ2) is 5.98. The summed E-state index contributed by atoms with van der Waals surface area (Å²) in [7, 11) is 0. The van der Waals surface area contributed by atoms with Crippen LogP contribution >= 0.6 is 11.3 Å². The third-order valence-electron chi connectivity index (χ3n) is 4.37. The Morgan fingerprint density at radius 3 is 2.96 bits per heavy atom. The van der Waals surface area contributed by atoms with E-state index in [-0.39, 0.29) is 30.0 Å². The van der Waals surface area contributed by atoms with Gasteiger partial charge in [-0.05, 0) is 25.0 Å². The van der Waals surface area contributed by atoms with Crippen LogP contribution in [0.4, 0.5) is 9.52 Å². The Balaban J connectivity index is 1.42. The molecular weight excluding hydrogens is 329 g/mol. The van der Waals surface area contributed by atoms with Gasteiger partial charge in [-0.15, -0.1) is 11.3 Å². The average molecular weight is 345 g/mol. The highest BCUT2D eigenvalue weighted by molar-refractivity contribution is 7.14. The molecule has 1 saturated heterocycles. The van der Waals surface area contributed by atoms with Crippen LogP contribution in [0.2, 0.25) is 0 Å². The van der Waals surface area contributed by atoms with Crippen molar-refractivity contribution in [3.63, 3.8) is 0 Å². The van der Waals surface area contributed by atoms with E-state index in [1.807, 2.05) is 4.90 Å². The summed E-state index contributed by atoms with van der Waals surface area (Å²) in [5.41, 5.74) is 1.29. The van der Waals surface area contributed by atoms with Crippen LogP contribution in [0.5, 0.6) is 0 Å². The summed E-state index contributed by atoms with van der Waals surface area (Å²) < 4.78 is 13.3. The van der Waals surface area contributed by atoms with E-state index in [0.29, 0.717) is 29.0 Å². The first-order valence-corrected chi connectivity index (χ1v) is 8.80. The van der Waals surface area contributed by atoms with Crippen molar-refractivity contribution >= 4 is 28.3 Å². The van der Waals surface area contributed by atoms with Gasteiger partial charge in [0.25, 0.3) is 0 Å². The van der Waals surface area contributed by atoms with E-state index in [2.05, 4.69) is 10.3 Å². The molecule has 2 aliphatic rings. The number of rotatable bonds is 4. The van der Waals surface area contributed by atoms with E-state index >= 15 is 0 Å². The van der Waals surface area contributed by atoms with Crippen LogP contribution in [-0.4, -0.2) is 34.3 Å². The average Bonchev–Trinajstić information content (AvgIpc) is 3.16. The molecule has 0 unspecified atom stereocenters. The van der Waals surface area contributed by atoms with E-state index in [9.17, 15) is 14.0 Å². The van der Waals surface area contributed by atoms with Gasteiger partial charge in [0.15, 0.2) is 5.13 Å². The molecule has 0 radical (unpaired) electrons. The Bertz CT molecular complexity index is 803. The number of anilines is 1. The van der Waals surface area contributed by atoms with Gasteiger partial charge >= 0.3 is 0 Å². The predicted molar refractivity (Wildman–Crippen MR) is 89.0 cm³/mol. The van der Waals surface area contributed by atoms with Gasteiger partial charge in [-0.2, -0.15) is 0 Å². The second-order valence-electron chi connectivity index (χ2n) is 6.22. The molecule has 1 aliphatic carbocycles. The first-order valence-electron chi connectivity index (χ1n) is 7.92. The Morgan fingerprint density at radius 1 is 1.38 bits per heavy atom. The maximum absolute atomic E-state index is 13.3. The van der Waals surface area contributed by atoms with Crippen LogP contribution in [0.25, 0.3) is 11.3 Å². The van der Waals surface area contributed by atoms with Crippen LogP contribution in [0.15, 0.2) is 29.6 Å². The largest absolute Gasteiger partial charge is 0.339 e. The smallest absolute Gasteiger partial charge is 0.231 e. The van der Waals surface area contributed by atoms with E-state index < -0.39 is 0 Å². The lowest BCUT2D eigenvalue weighted by Gasteiger charge is -2.14. The summed E-state index contributed by atoms with van der Waals surface area (Å²) in [5, 5.41) is 5.03. The van der Waals surface area contributed by atoms with Crippen molar-refractivity contribution in [1.82, 2.24) is 9.88 Å². The van der Waals surface area contributed by atoms with Crippen LogP contribution in [0.3, 0.4) is 0 Å². The topological polar surface area (TPSA) is 62.3 Å². The zero-order valence-corrected chi connectivity index (χ0v) is 13.7. The molecule has 5 nitrogen and oxygen atoms in total. The zero-order chi connectivity index (χ0) is 16.7. The molecule has 1 N–H and O–H groups in total. The summed E-state index contributed by atoms with van der Waals surface area (Å²) in [6.45, 7) is 0.497. The number of nitrogens with one attached hydrogen (secondary N) is 1. The number of hydrogen-bond acceptors (Lipinski definition) is 4.